The molecule has 0 saturated heterocycles. The lowest BCUT2D eigenvalue weighted by molar-refractivity contribution is -0.161. The van der Waals surface area contributed by atoms with Crippen LogP contribution in [0.2, 0.25) is 0 Å². The maximum absolute atomic E-state index is 12.3. The van der Waals surface area contributed by atoms with Gasteiger partial charge in [0.15, 0.2) is 6.10 Å². The van der Waals surface area contributed by atoms with Crippen LogP contribution in [-0.4, -0.2) is 36.4 Å². The molecule has 5 heteroatoms. The second-order valence-corrected chi connectivity index (χ2v) is 18.2. The van der Waals surface area contributed by atoms with E-state index in [1.165, 1.54) is 70.6 Å². The lowest BCUT2D eigenvalue weighted by Crippen LogP contribution is -2.28. The maximum Gasteiger partial charge on any atom is 0.306 e. The average molecular weight is 990 g/mol. The molecule has 0 saturated carbocycles. The Balaban J connectivity index is 3.60. The number of carbonyl (C=O) groups is 2. The van der Waals surface area contributed by atoms with Crippen LogP contribution in [0.25, 0.3) is 0 Å². The minimum atomic E-state index is -0.807. The van der Waals surface area contributed by atoms with Gasteiger partial charge < -0.3 is 14.6 Å². The minimum absolute atomic E-state index is 0.105. The molecule has 0 spiro atoms. The summed E-state index contributed by atoms with van der Waals surface area (Å²) in [7, 11) is 0. The Bertz CT molecular complexity index is 1640. The summed E-state index contributed by atoms with van der Waals surface area (Å²) in [5, 5.41) is 9.63. The number of unbranched alkanes of at least 4 members (excludes halogenated alkanes) is 14. The zero-order valence-corrected chi connectivity index (χ0v) is 45.9. The third-order valence-electron chi connectivity index (χ3n) is 11.5. The fourth-order valence-corrected chi connectivity index (χ4v) is 7.29. The van der Waals surface area contributed by atoms with Gasteiger partial charge in [-0.3, -0.25) is 9.59 Å². The standard InChI is InChI=1S/C67H104O5/c1-3-5-7-9-11-13-15-17-19-21-22-23-24-25-26-27-28-29-30-31-32-33-34-35-36-37-38-39-40-41-42-43-44-46-48-50-52-54-56-58-60-62-67(70)72-65(63-68)64-71-66(69)61-59-57-55-53-51-49-47-45-20-18-16-14-12-10-8-6-4-2/h5-8,11-14,17-20,22-23,25-26,28-29,31-32,34-35,37-38,47,49,53,55,65,68H,3-4,9-10,15-16,21,24,27,30,33,36,39-46,48,50-52,54,56-64H2,1-2H3/b7-5-,8-6-,13-11-,14-12-,19-17-,20-18-,23-22-,26-25-,29-28-,32-31-,35-34-,38-37-,49-47-,55-53-. The number of aliphatic hydroxyl groups excluding tert-OH is 1. The topological polar surface area (TPSA) is 72.8 Å². The molecule has 72 heavy (non-hydrogen) atoms. The van der Waals surface area contributed by atoms with Gasteiger partial charge in [0.25, 0.3) is 0 Å². The van der Waals surface area contributed by atoms with Crippen molar-refractivity contribution in [1.29, 1.82) is 0 Å². The fourth-order valence-electron chi connectivity index (χ4n) is 7.29. The number of hydrogen-bond acceptors (Lipinski definition) is 5. The van der Waals surface area contributed by atoms with Crippen molar-refractivity contribution in [3.05, 3.63) is 170 Å². The first kappa shape index (κ1) is 67.3. The van der Waals surface area contributed by atoms with Crippen molar-refractivity contribution in [1.82, 2.24) is 0 Å². The molecule has 1 atom stereocenters. The van der Waals surface area contributed by atoms with Crippen molar-refractivity contribution in [2.45, 2.75) is 225 Å². The van der Waals surface area contributed by atoms with Gasteiger partial charge >= 0.3 is 11.9 Å². The highest BCUT2D eigenvalue weighted by molar-refractivity contribution is 5.70. The molecule has 1 unspecified atom stereocenters. The number of aliphatic hydroxyl groups is 1. The molecular weight excluding hydrogens is 885 g/mol. The molecule has 0 aromatic heterocycles. The van der Waals surface area contributed by atoms with E-state index >= 15 is 0 Å². The van der Waals surface area contributed by atoms with Crippen molar-refractivity contribution in [3.8, 4) is 0 Å². The first-order chi connectivity index (χ1) is 35.6. The van der Waals surface area contributed by atoms with E-state index in [2.05, 4.69) is 184 Å². The summed E-state index contributed by atoms with van der Waals surface area (Å²) in [5.41, 5.74) is 0. The Labute approximate surface area is 443 Å². The normalized spacial score (nSPS) is 13.5. The predicted octanol–water partition coefficient (Wildman–Crippen LogP) is 19.7. The van der Waals surface area contributed by atoms with Gasteiger partial charge in [0.05, 0.1) is 6.61 Å². The van der Waals surface area contributed by atoms with Crippen molar-refractivity contribution < 1.29 is 24.2 Å². The second kappa shape index (κ2) is 60.6. The summed E-state index contributed by atoms with van der Waals surface area (Å²) < 4.78 is 10.6. The molecule has 0 fully saturated rings. The Hall–Kier alpha value is -4.74. The molecule has 0 amide bonds. The van der Waals surface area contributed by atoms with Gasteiger partial charge in [-0.15, -0.1) is 0 Å². The molecule has 1 N–H and O–H groups in total. The Morgan fingerprint density at radius 2 is 0.569 bits per heavy atom. The summed E-state index contributed by atoms with van der Waals surface area (Å²) in [6.07, 6.45) is 94.8. The zero-order chi connectivity index (χ0) is 52.0. The molecule has 0 aliphatic carbocycles. The van der Waals surface area contributed by atoms with Gasteiger partial charge in [-0.05, 0) is 122 Å². The van der Waals surface area contributed by atoms with Crippen LogP contribution in [0.1, 0.15) is 219 Å². The van der Waals surface area contributed by atoms with Crippen LogP contribution in [0, 0.1) is 0 Å². The highest BCUT2D eigenvalue weighted by Gasteiger charge is 2.16. The van der Waals surface area contributed by atoms with E-state index in [9.17, 15) is 14.7 Å². The monoisotopic (exact) mass is 989 g/mol. The molecule has 5 nitrogen and oxygen atoms in total. The predicted molar refractivity (Wildman–Crippen MR) is 315 cm³/mol. The molecule has 0 radical (unpaired) electrons. The Morgan fingerprint density at radius 1 is 0.319 bits per heavy atom. The molecule has 0 rings (SSSR count). The summed E-state index contributed by atoms with van der Waals surface area (Å²) in [6, 6.07) is 0. The van der Waals surface area contributed by atoms with Crippen molar-refractivity contribution in [2.24, 2.45) is 0 Å². The molecule has 0 bridgehead atoms. The number of rotatable bonds is 50. The van der Waals surface area contributed by atoms with Gasteiger partial charge in [-0.2, -0.15) is 0 Å². The highest BCUT2D eigenvalue weighted by Crippen LogP contribution is 2.14. The van der Waals surface area contributed by atoms with E-state index in [1.54, 1.807) is 0 Å². The van der Waals surface area contributed by atoms with Crippen LogP contribution in [0.15, 0.2) is 170 Å². The Kier molecular flexibility index (Phi) is 56.6. The summed E-state index contributed by atoms with van der Waals surface area (Å²) in [4.78, 5) is 24.4. The van der Waals surface area contributed by atoms with E-state index < -0.39 is 6.10 Å². The number of allylic oxidation sites excluding steroid dienone is 28. The zero-order valence-electron chi connectivity index (χ0n) is 45.9. The van der Waals surface area contributed by atoms with Gasteiger partial charge in [-0.1, -0.05) is 255 Å². The molecule has 0 aliphatic rings. The van der Waals surface area contributed by atoms with Crippen molar-refractivity contribution in [2.75, 3.05) is 13.2 Å². The number of carbonyl (C=O) groups excluding carboxylic acids is 2. The first-order valence-electron chi connectivity index (χ1n) is 28.7. The molecule has 0 aromatic rings. The van der Waals surface area contributed by atoms with E-state index in [4.69, 9.17) is 9.47 Å². The fraction of sp³-hybridized carbons (Fsp3) is 0.552. The summed E-state index contributed by atoms with van der Waals surface area (Å²) in [5.74, 6) is -0.671. The smallest absolute Gasteiger partial charge is 0.306 e. The SMILES string of the molecule is CC/C=C\C/C=C\C/C=C\C/C=C\C/C=C\C/C=C\C/C=C\C/C=C\C/C=C\CCCCCCCCCCCCCCCC(=O)OC(CO)COC(=O)CCC/C=C\C/C=C\C/C=C\C/C=C\C/C=C\CC. The van der Waals surface area contributed by atoms with E-state index in [0.29, 0.717) is 19.3 Å². The van der Waals surface area contributed by atoms with Crippen LogP contribution < -0.4 is 0 Å². The molecule has 0 heterocycles. The van der Waals surface area contributed by atoms with Gasteiger partial charge in [0, 0.05) is 12.8 Å². The van der Waals surface area contributed by atoms with E-state index in [1.807, 2.05) is 0 Å². The summed E-state index contributed by atoms with van der Waals surface area (Å²) in [6.45, 7) is 3.85. The molecule has 0 aromatic carbocycles. The summed E-state index contributed by atoms with van der Waals surface area (Å²) >= 11 is 0. The number of ether oxygens (including phenoxy) is 2. The average Bonchev–Trinajstić information content (AvgIpc) is 3.38. The third kappa shape index (κ3) is 57.8. The van der Waals surface area contributed by atoms with Gasteiger partial charge in [-0.25, -0.2) is 0 Å². The molecule has 0 aliphatic heterocycles. The largest absolute Gasteiger partial charge is 0.462 e. The van der Waals surface area contributed by atoms with Crippen LogP contribution in [0.5, 0.6) is 0 Å². The van der Waals surface area contributed by atoms with Gasteiger partial charge in [0.2, 0.25) is 0 Å². The lowest BCUT2D eigenvalue weighted by atomic mass is 10.0. The number of hydrogen-bond donors (Lipinski definition) is 1. The van der Waals surface area contributed by atoms with Crippen molar-refractivity contribution >= 4 is 11.9 Å². The van der Waals surface area contributed by atoms with E-state index in [-0.39, 0.29) is 25.2 Å². The Morgan fingerprint density at radius 3 is 0.875 bits per heavy atom. The highest BCUT2D eigenvalue weighted by atomic mass is 16.6. The maximum atomic E-state index is 12.3. The lowest BCUT2D eigenvalue weighted by Gasteiger charge is -2.15. The minimum Gasteiger partial charge on any atom is -0.462 e. The quantitative estimate of drug-likeness (QED) is 0.0373. The van der Waals surface area contributed by atoms with Gasteiger partial charge in [0.1, 0.15) is 6.61 Å². The van der Waals surface area contributed by atoms with Crippen LogP contribution in [0.3, 0.4) is 0 Å². The third-order valence-corrected chi connectivity index (χ3v) is 11.5. The van der Waals surface area contributed by atoms with Crippen LogP contribution in [0.4, 0.5) is 0 Å². The van der Waals surface area contributed by atoms with E-state index in [0.717, 1.165) is 116 Å². The number of esters is 2. The first-order valence-corrected chi connectivity index (χ1v) is 28.7. The van der Waals surface area contributed by atoms with Crippen molar-refractivity contribution in [3.63, 3.8) is 0 Å². The molecular formula is C67H104O5. The van der Waals surface area contributed by atoms with Crippen LogP contribution >= 0.6 is 0 Å². The van der Waals surface area contributed by atoms with Crippen LogP contribution in [-0.2, 0) is 19.1 Å². The second-order valence-electron chi connectivity index (χ2n) is 18.2. The molecule has 402 valence electrons.